The molecule has 1 amide bonds. The van der Waals surface area contributed by atoms with Crippen LogP contribution in [0.2, 0.25) is 0 Å². The lowest BCUT2D eigenvalue weighted by Crippen LogP contribution is -2.24. The molecule has 0 aliphatic carbocycles. The molecule has 2 N–H and O–H groups in total. The molecule has 0 bridgehead atoms. The largest absolute Gasteiger partial charge is 0.507 e. The van der Waals surface area contributed by atoms with Gasteiger partial charge in [0.05, 0.1) is 6.21 Å². The summed E-state index contributed by atoms with van der Waals surface area (Å²) in [5.41, 5.74) is 2.85. The van der Waals surface area contributed by atoms with Crippen LogP contribution in [0.1, 0.15) is 5.56 Å². The van der Waals surface area contributed by atoms with Gasteiger partial charge in [0.1, 0.15) is 11.5 Å². The van der Waals surface area contributed by atoms with E-state index in [0.29, 0.717) is 11.3 Å². The molecule has 0 aliphatic rings. The van der Waals surface area contributed by atoms with Crippen LogP contribution in [0.25, 0.3) is 0 Å². The van der Waals surface area contributed by atoms with Gasteiger partial charge in [-0.1, -0.05) is 30.3 Å². The van der Waals surface area contributed by atoms with E-state index in [1.54, 1.807) is 36.4 Å². The van der Waals surface area contributed by atoms with E-state index < -0.39 is 0 Å². The minimum Gasteiger partial charge on any atom is -0.507 e. The van der Waals surface area contributed by atoms with Crippen LogP contribution >= 0.6 is 0 Å². The Morgan fingerprint density at radius 1 is 1.15 bits per heavy atom. The molecule has 0 saturated heterocycles. The number of nitrogens with one attached hydrogen (secondary N) is 1. The SMILES string of the molecule is O=C(COc1ccccc1)N/N=C/c1ccccc1O. The van der Waals surface area contributed by atoms with E-state index in [0.717, 1.165) is 0 Å². The Balaban J connectivity index is 1.79. The first-order valence-electron chi connectivity index (χ1n) is 6.03. The highest BCUT2D eigenvalue weighted by Gasteiger charge is 2.01. The quantitative estimate of drug-likeness (QED) is 0.644. The van der Waals surface area contributed by atoms with Crippen molar-refractivity contribution in [3.05, 3.63) is 60.2 Å². The Morgan fingerprint density at radius 2 is 1.85 bits per heavy atom. The third-order valence-electron chi connectivity index (χ3n) is 2.44. The molecule has 0 radical (unpaired) electrons. The van der Waals surface area contributed by atoms with E-state index in [1.165, 1.54) is 6.21 Å². The Labute approximate surface area is 116 Å². The number of carbonyl (C=O) groups is 1. The molecule has 2 aromatic carbocycles. The second kappa shape index (κ2) is 6.94. The number of hydrogen-bond donors (Lipinski definition) is 2. The van der Waals surface area contributed by atoms with Crippen LogP contribution in [0.4, 0.5) is 0 Å². The van der Waals surface area contributed by atoms with Crippen molar-refractivity contribution in [2.24, 2.45) is 5.10 Å². The number of para-hydroxylation sites is 2. The average Bonchev–Trinajstić information content (AvgIpc) is 2.48. The topological polar surface area (TPSA) is 70.9 Å². The maximum absolute atomic E-state index is 11.5. The molecule has 5 nitrogen and oxygen atoms in total. The Bertz CT molecular complexity index is 597. The van der Waals surface area contributed by atoms with Crippen LogP contribution in [0.3, 0.4) is 0 Å². The van der Waals surface area contributed by atoms with E-state index in [1.807, 2.05) is 18.2 Å². The molecule has 0 unspecified atom stereocenters. The molecule has 0 fully saturated rings. The first kappa shape index (κ1) is 13.6. The zero-order valence-electron chi connectivity index (χ0n) is 10.7. The predicted octanol–water partition coefficient (Wildman–Crippen LogP) is 1.92. The number of hydrogen-bond acceptors (Lipinski definition) is 4. The van der Waals surface area contributed by atoms with Crippen molar-refractivity contribution in [3.63, 3.8) is 0 Å². The summed E-state index contributed by atoms with van der Waals surface area (Å²) < 4.78 is 5.26. The van der Waals surface area contributed by atoms with Crippen LogP contribution in [0.15, 0.2) is 59.7 Å². The molecule has 0 spiro atoms. The molecule has 5 heteroatoms. The van der Waals surface area contributed by atoms with E-state index in [9.17, 15) is 9.90 Å². The number of aromatic hydroxyl groups is 1. The monoisotopic (exact) mass is 270 g/mol. The second-order valence-corrected chi connectivity index (χ2v) is 3.95. The van der Waals surface area contributed by atoms with Crippen molar-refractivity contribution >= 4 is 12.1 Å². The molecule has 2 aromatic rings. The molecule has 0 saturated carbocycles. The second-order valence-electron chi connectivity index (χ2n) is 3.95. The molecule has 0 aromatic heterocycles. The smallest absolute Gasteiger partial charge is 0.277 e. The molecular formula is C15H14N2O3. The van der Waals surface area contributed by atoms with Gasteiger partial charge < -0.3 is 9.84 Å². The number of phenols is 1. The summed E-state index contributed by atoms with van der Waals surface area (Å²) in [5, 5.41) is 13.2. The lowest BCUT2D eigenvalue weighted by atomic mass is 10.2. The Kier molecular flexibility index (Phi) is 4.72. The first-order valence-corrected chi connectivity index (χ1v) is 6.03. The van der Waals surface area contributed by atoms with Crippen molar-refractivity contribution in [1.82, 2.24) is 5.43 Å². The first-order chi connectivity index (χ1) is 9.75. The summed E-state index contributed by atoms with van der Waals surface area (Å²) in [6.45, 7) is -0.123. The molecule has 2 rings (SSSR count). The van der Waals surface area contributed by atoms with Crippen LogP contribution < -0.4 is 10.2 Å². The number of benzene rings is 2. The lowest BCUT2D eigenvalue weighted by Gasteiger charge is -2.04. The summed E-state index contributed by atoms with van der Waals surface area (Å²) in [5.74, 6) is 0.346. The maximum Gasteiger partial charge on any atom is 0.277 e. The Morgan fingerprint density at radius 3 is 2.60 bits per heavy atom. The van der Waals surface area contributed by atoms with Gasteiger partial charge in [-0.2, -0.15) is 5.10 Å². The fourth-order valence-corrected chi connectivity index (χ4v) is 1.47. The van der Waals surface area contributed by atoms with Gasteiger partial charge in [0.25, 0.3) is 5.91 Å². The van der Waals surface area contributed by atoms with Crippen LogP contribution in [-0.2, 0) is 4.79 Å². The predicted molar refractivity (Wildman–Crippen MR) is 75.8 cm³/mol. The summed E-state index contributed by atoms with van der Waals surface area (Å²) in [6.07, 6.45) is 1.37. The summed E-state index contributed by atoms with van der Waals surface area (Å²) in [4.78, 5) is 11.5. The zero-order chi connectivity index (χ0) is 14.2. The van der Waals surface area contributed by atoms with Crippen molar-refractivity contribution in [2.75, 3.05) is 6.61 Å². The molecule has 0 aliphatic heterocycles. The van der Waals surface area contributed by atoms with E-state index in [-0.39, 0.29) is 18.3 Å². The van der Waals surface area contributed by atoms with Crippen LogP contribution in [0, 0.1) is 0 Å². The standard InChI is InChI=1S/C15H14N2O3/c18-14-9-5-4-6-12(14)10-16-17-15(19)11-20-13-7-2-1-3-8-13/h1-10,18H,11H2,(H,17,19)/b16-10+. The fourth-order valence-electron chi connectivity index (χ4n) is 1.47. The van der Waals surface area contributed by atoms with E-state index >= 15 is 0 Å². The van der Waals surface area contributed by atoms with Crippen molar-refractivity contribution < 1.29 is 14.6 Å². The number of rotatable bonds is 5. The third kappa shape index (κ3) is 4.13. The van der Waals surface area contributed by atoms with Gasteiger partial charge in [-0.15, -0.1) is 0 Å². The number of phenolic OH excluding ortho intramolecular Hbond substituents is 1. The fraction of sp³-hybridized carbons (Fsp3) is 0.0667. The summed E-state index contributed by atoms with van der Waals surface area (Å²) >= 11 is 0. The molecular weight excluding hydrogens is 256 g/mol. The van der Waals surface area contributed by atoms with Gasteiger partial charge in [0, 0.05) is 5.56 Å². The summed E-state index contributed by atoms with van der Waals surface area (Å²) in [6, 6.07) is 15.7. The van der Waals surface area contributed by atoms with Gasteiger partial charge in [-0.3, -0.25) is 4.79 Å². The Hall–Kier alpha value is -2.82. The zero-order valence-corrected chi connectivity index (χ0v) is 10.7. The average molecular weight is 270 g/mol. The number of hydrazone groups is 1. The number of nitrogens with zero attached hydrogens (tertiary/aromatic N) is 1. The van der Waals surface area contributed by atoms with Crippen molar-refractivity contribution in [3.8, 4) is 11.5 Å². The van der Waals surface area contributed by atoms with Gasteiger partial charge >= 0.3 is 0 Å². The number of amides is 1. The van der Waals surface area contributed by atoms with Crippen LogP contribution in [-0.4, -0.2) is 23.8 Å². The van der Waals surface area contributed by atoms with E-state index in [2.05, 4.69) is 10.5 Å². The summed E-state index contributed by atoms with van der Waals surface area (Å²) in [7, 11) is 0. The molecule has 102 valence electrons. The van der Waals surface area contributed by atoms with E-state index in [4.69, 9.17) is 4.74 Å². The molecule has 0 atom stereocenters. The highest BCUT2D eigenvalue weighted by atomic mass is 16.5. The highest BCUT2D eigenvalue weighted by Crippen LogP contribution is 2.12. The number of carbonyl (C=O) groups excluding carboxylic acids is 1. The molecule has 20 heavy (non-hydrogen) atoms. The van der Waals surface area contributed by atoms with Crippen molar-refractivity contribution in [2.45, 2.75) is 0 Å². The van der Waals surface area contributed by atoms with Crippen molar-refractivity contribution in [1.29, 1.82) is 0 Å². The highest BCUT2D eigenvalue weighted by molar-refractivity contribution is 5.85. The minimum atomic E-state index is -0.375. The van der Waals surface area contributed by atoms with Gasteiger partial charge in [-0.25, -0.2) is 5.43 Å². The van der Waals surface area contributed by atoms with Gasteiger partial charge in [0.15, 0.2) is 6.61 Å². The minimum absolute atomic E-state index is 0.103. The number of ether oxygens (including phenoxy) is 1. The third-order valence-corrected chi connectivity index (χ3v) is 2.44. The normalized spacial score (nSPS) is 10.4. The molecule has 0 heterocycles. The van der Waals surface area contributed by atoms with Gasteiger partial charge in [-0.05, 0) is 24.3 Å². The lowest BCUT2D eigenvalue weighted by molar-refractivity contribution is -0.123. The van der Waals surface area contributed by atoms with Crippen LogP contribution in [0.5, 0.6) is 11.5 Å². The van der Waals surface area contributed by atoms with Gasteiger partial charge in [0.2, 0.25) is 0 Å². The maximum atomic E-state index is 11.5.